The molecule has 20 heavy (non-hydrogen) atoms. The molecule has 2 atom stereocenters. The molecule has 1 aromatic heterocycles. The monoisotopic (exact) mass is 280 g/mol. The molecule has 0 saturated carbocycles. The van der Waals surface area contributed by atoms with Crippen molar-refractivity contribution in [2.45, 2.75) is 45.2 Å². The molecule has 1 aliphatic heterocycles. The Morgan fingerprint density at radius 3 is 2.85 bits per heavy atom. The molecule has 0 radical (unpaired) electrons. The molecule has 1 saturated heterocycles. The second kappa shape index (κ2) is 6.49. The molecule has 0 aromatic carbocycles. The Kier molecular flexibility index (Phi) is 4.70. The first-order chi connectivity index (χ1) is 9.61. The van der Waals surface area contributed by atoms with Crippen LogP contribution in [0.5, 0.6) is 0 Å². The number of nitrogens with zero attached hydrogens (tertiary/aromatic N) is 4. The van der Waals surface area contributed by atoms with E-state index in [1.165, 1.54) is 11.2 Å². The minimum absolute atomic E-state index is 0.123. The molecule has 0 spiro atoms. The molecule has 110 valence electrons. The van der Waals surface area contributed by atoms with Crippen molar-refractivity contribution in [3.63, 3.8) is 0 Å². The van der Waals surface area contributed by atoms with E-state index in [1.54, 1.807) is 11.0 Å². The topological polar surface area (TPSA) is 88.3 Å². The van der Waals surface area contributed by atoms with Crippen LogP contribution >= 0.6 is 0 Å². The second-order valence-electron chi connectivity index (χ2n) is 5.15. The number of hydrogen-bond acceptors (Lipinski definition) is 4. The van der Waals surface area contributed by atoms with Crippen molar-refractivity contribution in [3.8, 4) is 0 Å². The molecule has 2 heterocycles. The predicted octanol–water partition coefficient (Wildman–Crippen LogP) is 0.770. The van der Waals surface area contributed by atoms with E-state index in [2.05, 4.69) is 17.0 Å². The molecule has 2 rings (SSSR count). The molecule has 1 N–H and O–H groups in total. The van der Waals surface area contributed by atoms with Crippen molar-refractivity contribution >= 4 is 11.9 Å². The summed E-state index contributed by atoms with van der Waals surface area (Å²) < 4.78 is 1.58. The average Bonchev–Trinajstić information content (AvgIpc) is 2.97. The van der Waals surface area contributed by atoms with E-state index >= 15 is 0 Å². The number of piperidine rings is 1. The van der Waals surface area contributed by atoms with Gasteiger partial charge in [0, 0.05) is 13.0 Å². The standard InChI is InChI=1S/C13H20N4O3/c1-2-10-3-6-17(11(7-10)13(19)20)12(18)4-5-16-9-14-8-15-16/h8-11H,2-7H2,1H3,(H,19,20). The zero-order valence-corrected chi connectivity index (χ0v) is 11.6. The third-order valence-corrected chi connectivity index (χ3v) is 3.92. The maximum absolute atomic E-state index is 12.2. The van der Waals surface area contributed by atoms with Crippen molar-refractivity contribution < 1.29 is 14.7 Å². The highest BCUT2D eigenvalue weighted by Crippen LogP contribution is 2.26. The molecule has 1 fully saturated rings. The van der Waals surface area contributed by atoms with Crippen molar-refractivity contribution in [2.75, 3.05) is 6.54 Å². The van der Waals surface area contributed by atoms with Gasteiger partial charge < -0.3 is 10.0 Å². The predicted molar refractivity (Wildman–Crippen MR) is 70.8 cm³/mol. The molecule has 0 aliphatic carbocycles. The van der Waals surface area contributed by atoms with E-state index < -0.39 is 12.0 Å². The SMILES string of the molecule is CCC1CCN(C(=O)CCn2cncn2)C(C(=O)O)C1. The van der Waals surface area contributed by atoms with Crippen LogP contribution in [0.3, 0.4) is 0 Å². The minimum Gasteiger partial charge on any atom is -0.480 e. The second-order valence-corrected chi connectivity index (χ2v) is 5.15. The Balaban J connectivity index is 1.94. The number of rotatable bonds is 5. The van der Waals surface area contributed by atoms with Crippen LogP contribution in [0.1, 0.15) is 32.6 Å². The fourth-order valence-electron chi connectivity index (χ4n) is 2.64. The summed E-state index contributed by atoms with van der Waals surface area (Å²) in [5.41, 5.74) is 0. The van der Waals surface area contributed by atoms with Crippen molar-refractivity contribution in [3.05, 3.63) is 12.7 Å². The highest BCUT2D eigenvalue weighted by Gasteiger charge is 2.35. The number of likely N-dealkylation sites (tertiary alicyclic amines) is 1. The Labute approximate surface area is 117 Å². The van der Waals surface area contributed by atoms with E-state index in [-0.39, 0.29) is 12.3 Å². The largest absolute Gasteiger partial charge is 0.480 e. The lowest BCUT2D eigenvalue weighted by Gasteiger charge is -2.37. The molecular formula is C13H20N4O3. The highest BCUT2D eigenvalue weighted by molar-refractivity contribution is 5.83. The molecule has 2 unspecified atom stereocenters. The number of aliphatic carboxylic acids is 1. The van der Waals surface area contributed by atoms with E-state index in [4.69, 9.17) is 0 Å². The van der Waals surface area contributed by atoms with E-state index in [0.717, 1.165) is 12.8 Å². The van der Waals surface area contributed by atoms with Gasteiger partial charge in [-0.3, -0.25) is 9.48 Å². The number of carboxylic acid groups (broad SMARTS) is 1. The van der Waals surface area contributed by atoms with Crippen LogP contribution in [0.25, 0.3) is 0 Å². The number of carboxylic acids is 1. The van der Waals surface area contributed by atoms with Crippen LogP contribution < -0.4 is 0 Å². The van der Waals surface area contributed by atoms with Gasteiger partial charge in [-0.2, -0.15) is 5.10 Å². The number of hydrogen-bond donors (Lipinski definition) is 1. The maximum Gasteiger partial charge on any atom is 0.326 e. The number of aromatic nitrogens is 3. The van der Waals surface area contributed by atoms with Gasteiger partial charge in [0.15, 0.2) is 0 Å². The average molecular weight is 280 g/mol. The van der Waals surface area contributed by atoms with E-state index in [9.17, 15) is 14.7 Å². The van der Waals surface area contributed by atoms with Gasteiger partial charge in [-0.1, -0.05) is 13.3 Å². The summed E-state index contributed by atoms with van der Waals surface area (Å²) in [7, 11) is 0. The van der Waals surface area contributed by atoms with Gasteiger partial charge >= 0.3 is 5.97 Å². The summed E-state index contributed by atoms with van der Waals surface area (Å²) in [6.07, 6.45) is 5.62. The quantitative estimate of drug-likeness (QED) is 0.860. The Hall–Kier alpha value is -1.92. The lowest BCUT2D eigenvalue weighted by molar-refractivity contribution is -0.153. The Bertz CT molecular complexity index is 460. The first kappa shape index (κ1) is 14.5. The fourth-order valence-corrected chi connectivity index (χ4v) is 2.64. The van der Waals surface area contributed by atoms with Crippen molar-refractivity contribution in [1.29, 1.82) is 0 Å². The fraction of sp³-hybridized carbons (Fsp3) is 0.692. The first-order valence-electron chi connectivity index (χ1n) is 6.96. The maximum atomic E-state index is 12.2. The molecule has 1 aliphatic rings. The summed E-state index contributed by atoms with van der Waals surface area (Å²) in [4.78, 5) is 28.9. The van der Waals surface area contributed by atoms with Gasteiger partial charge in [-0.25, -0.2) is 9.78 Å². The van der Waals surface area contributed by atoms with Crippen LogP contribution in [0.4, 0.5) is 0 Å². The summed E-state index contributed by atoms with van der Waals surface area (Å²) >= 11 is 0. The molecule has 7 nitrogen and oxygen atoms in total. The lowest BCUT2D eigenvalue weighted by Crippen LogP contribution is -2.50. The van der Waals surface area contributed by atoms with Gasteiger partial charge in [-0.15, -0.1) is 0 Å². The van der Waals surface area contributed by atoms with Crippen LogP contribution in [-0.2, 0) is 16.1 Å². The van der Waals surface area contributed by atoms with Gasteiger partial charge in [0.25, 0.3) is 0 Å². The summed E-state index contributed by atoms with van der Waals surface area (Å²) in [6.45, 7) is 3.02. The third-order valence-electron chi connectivity index (χ3n) is 3.92. The Morgan fingerprint density at radius 1 is 1.45 bits per heavy atom. The lowest BCUT2D eigenvalue weighted by atomic mass is 9.88. The first-order valence-corrected chi connectivity index (χ1v) is 6.96. The summed E-state index contributed by atoms with van der Waals surface area (Å²) in [5, 5.41) is 13.2. The van der Waals surface area contributed by atoms with Gasteiger partial charge in [0.2, 0.25) is 5.91 Å². The highest BCUT2D eigenvalue weighted by atomic mass is 16.4. The summed E-state index contributed by atoms with van der Waals surface area (Å²) in [6, 6.07) is -0.683. The number of aryl methyl sites for hydroxylation is 1. The van der Waals surface area contributed by atoms with E-state index in [1.807, 2.05) is 0 Å². The van der Waals surface area contributed by atoms with Crippen molar-refractivity contribution in [1.82, 2.24) is 19.7 Å². The van der Waals surface area contributed by atoms with Crippen LogP contribution in [0.15, 0.2) is 12.7 Å². The van der Waals surface area contributed by atoms with E-state index in [0.29, 0.717) is 25.4 Å². The number of amides is 1. The number of carbonyl (C=O) groups excluding carboxylic acids is 1. The normalized spacial score (nSPS) is 22.8. The molecule has 1 aromatic rings. The molecule has 0 bridgehead atoms. The third kappa shape index (κ3) is 3.34. The van der Waals surface area contributed by atoms with Crippen LogP contribution in [-0.4, -0.2) is 49.2 Å². The zero-order valence-electron chi connectivity index (χ0n) is 11.6. The zero-order chi connectivity index (χ0) is 14.5. The minimum atomic E-state index is -0.905. The van der Waals surface area contributed by atoms with Crippen LogP contribution in [0.2, 0.25) is 0 Å². The van der Waals surface area contributed by atoms with Gasteiger partial charge in [0.1, 0.15) is 18.7 Å². The van der Waals surface area contributed by atoms with Crippen molar-refractivity contribution in [2.24, 2.45) is 5.92 Å². The molecule has 1 amide bonds. The van der Waals surface area contributed by atoms with Gasteiger partial charge in [-0.05, 0) is 18.8 Å². The Morgan fingerprint density at radius 2 is 2.25 bits per heavy atom. The molecular weight excluding hydrogens is 260 g/mol. The molecule has 7 heteroatoms. The number of carbonyl (C=O) groups is 2. The smallest absolute Gasteiger partial charge is 0.326 e. The van der Waals surface area contributed by atoms with Gasteiger partial charge in [0.05, 0.1) is 6.54 Å². The van der Waals surface area contributed by atoms with Crippen LogP contribution in [0, 0.1) is 5.92 Å². The summed E-state index contributed by atoms with van der Waals surface area (Å²) in [5.74, 6) is -0.629.